The molecule has 3 rings (SSSR count). The zero-order valence-electron chi connectivity index (χ0n) is 20.9. The molecule has 35 heavy (non-hydrogen) atoms. The molecule has 1 aliphatic heterocycles. The number of methoxy groups -OCH3 is 2. The van der Waals surface area contributed by atoms with Gasteiger partial charge in [0.25, 0.3) is 5.91 Å². The number of hydrogen-bond acceptors (Lipinski definition) is 5. The average Bonchev–Trinajstić information content (AvgIpc) is 3.26. The van der Waals surface area contributed by atoms with Crippen LogP contribution >= 0.6 is 11.6 Å². The fourth-order valence-electron chi connectivity index (χ4n) is 3.75. The van der Waals surface area contributed by atoms with Gasteiger partial charge in [-0.2, -0.15) is 5.10 Å². The van der Waals surface area contributed by atoms with Crippen molar-refractivity contribution >= 4 is 29.3 Å². The summed E-state index contributed by atoms with van der Waals surface area (Å²) in [7, 11) is 3.17. The van der Waals surface area contributed by atoms with Crippen molar-refractivity contribution < 1.29 is 19.1 Å². The highest BCUT2D eigenvalue weighted by molar-refractivity contribution is 6.30. The number of hydrogen-bond donors (Lipinski definition) is 1. The highest BCUT2D eigenvalue weighted by Gasteiger charge is 2.34. The standard InChI is InChI=1S/C26H33ClN4O4/c1-26(2,3)28-25(33)30(13-14-34-4)17-24(32)31-23(18-9-11-20(27)12-10-18)16-22(29-31)19-7-6-8-21(15-19)35-5/h6-12,15,23H,13-14,16-17H2,1-5H3,(H,28,33). The first-order valence-corrected chi connectivity index (χ1v) is 11.8. The summed E-state index contributed by atoms with van der Waals surface area (Å²) in [5.41, 5.74) is 2.11. The Balaban J connectivity index is 1.90. The van der Waals surface area contributed by atoms with E-state index in [1.165, 1.54) is 9.91 Å². The van der Waals surface area contributed by atoms with Crippen LogP contribution in [0, 0.1) is 0 Å². The number of nitrogens with zero attached hydrogens (tertiary/aromatic N) is 3. The van der Waals surface area contributed by atoms with Crippen LogP contribution in [0.5, 0.6) is 5.75 Å². The summed E-state index contributed by atoms with van der Waals surface area (Å²) in [4.78, 5) is 27.9. The summed E-state index contributed by atoms with van der Waals surface area (Å²) in [6.07, 6.45) is 0.521. The molecule has 2 aromatic carbocycles. The molecule has 1 heterocycles. The molecular formula is C26H33ClN4O4. The molecule has 0 fully saturated rings. The van der Waals surface area contributed by atoms with E-state index in [9.17, 15) is 9.59 Å². The summed E-state index contributed by atoms with van der Waals surface area (Å²) in [6.45, 7) is 6.12. The van der Waals surface area contributed by atoms with Crippen LogP contribution in [0.3, 0.4) is 0 Å². The third kappa shape index (κ3) is 7.19. The lowest BCUT2D eigenvalue weighted by Crippen LogP contribution is -2.52. The average molecular weight is 501 g/mol. The minimum atomic E-state index is -0.442. The lowest BCUT2D eigenvalue weighted by Gasteiger charge is -2.30. The molecule has 0 aliphatic carbocycles. The van der Waals surface area contributed by atoms with Gasteiger partial charge in [0, 0.05) is 36.2 Å². The molecule has 3 amide bonds. The Morgan fingerprint density at radius 2 is 1.89 bits per heavy atom. The summed E-state index contributed by atoms with van der Waals surface area (Å²) in [5, 5.41) is 9.71. The summed E-state index contributed by atoms with van der Waals surface area (Å²) < 4.78 is 10.5. The van der Waals surface area contributed by atoms with Gasteiger partial charge in [-0.3, -0.25) is 4.79 Å². The van der Waals surface area contributed by atoms with E-state index in [0.717, 1.165) is 16.8 Å². The Bertz CT molecular complexity index is 1070. The quantitative estimate of drug-likeness (QED) is 0.579. The third-order valence-corrected chi connectivity index (χ3v) is 5.74. The summed E-state index contributed by atoms with van der Waals surface area (Å²) in [6, 6.07) is 14.3. The second-order valence-electron chi connectivity index (χ2n) is 9.38. The van der Waals surface area contributed by atoms with Crippen LogP contribution in [0.25, 0.3) is 0 Å². The zero-order valence-corrected chi connectivity index (χ0v) is 21.6. The molecular weight excluding hydrogens is 468 g/mol. The Hall–Kier alpha value is -3.10. The fraction of sp³-hybridized carbons (Fsp3) is 0.423. The van der Waals surface area contributed by atoms with Crippen LogP contribution in [0.2, 0.25) is 5.02 Å². The first kappa shape index (κ1) is 26.5. The number of ether oxygens (including phenoxy) is 2. The maximum Gasteiger partial charge on any atom is 0.318 e. The Kier molecular flexibility index (Phi) is 8.75. The van der Waals surface area contributed by atoms with Crippen molar-refractivity contribution in [3.63, 3.8) is 0 Å². The molecule has 188 valence electrons. The molecule has 0 saturated heterocycles. The van der Waals surface area contributed by atoms with Gasteiger partial charge in [0.05, 0.1) is 25.5 Å². The normalized spacial score (nSPS) is 15.5. The highest BCUT2D eigenvalue weighted by atomic mass is 35.5. The van der Waals surface area contributed by atoms with E-state index < -0.39 is 5.54 Å². The molecule has 0 spiro atoms. The zero-order chi connectivity index (χ0) is 25.6. The maximum absolute atomic E-state index is 13.5. The van der Waals surface area contributed by atoms with Crippen LogP contribution in [0.1, 0.15) is 44.4 Å². The van der Waals surface area contributed by atoms with Gasteiger partial charge in [-0.25, -0.2) is 9.80 Å². The van der Waals surface area contributed by atoms with Crippen molar-refractivity contribution in [3.8, 4) is 5.75 Å². The van der Waals surface area contributed by atoms with Crippen LogP contribution < -0.4 is 10.1 Å². The fourth-order valence-corrected chi connectivity index (χ4v) is 3.88. The molecule has 0 saturated carbocycles. The van der Waals surface area contributed by atoms with E-state index in [4.69, 9.17) is 26.2 Å². The smallest absolute Gasteiger partial charge is 0.318 e. The minimum absolute atomic E-state index is 0.135. The van der Waals surface area contributed by atoms with E-state index in [2.05, 4.69) is 5.32 Å². The van der Waals surface area contributed by atoms with Crippen molar-refractivity contribution in [1.29, 1.82) is 0 Å². The molecule has 2 aromatic rings. The monoisotopic (exact) mass is 500 g/mol. The van der Waals surface area contributed by atoms with Gasteiger partial charge in [0.1, 0.15) is 12.3 Å². The number of amides is 3. The number of hydrazone groups is 1. The summed E-state index contributed by atoms with van der Waals surface area (Å²) in [5.74, 6) is 0.422. The topological polar surface area (TPSA) is 83.5 Å². The molecule has 1 N–H and O–H groups in total. The maximum atomic E-state index is 13.5. The van der Waals surface area contributed by atoms with Crippen molar-refractivity contribution in [2.45, 2.75) is 38.8 Å². The number of rotatable bonds is 8. The number of carbonyl (C=O) groups excluding carboxylic acids is 2. The molecule has 1 atom stereocenters. The van der Waals surface area contributed by atoms with Crippen molar-refractivity contribution in [3.05, 3.63) is 64.7 Å². The van der Waals surface area contributed by atoms with Crippen LogP contribution in [-0.2, 0) is 9.53 Å². The molecule has 0 aromatic heterocycles. The van der Waals surface area contributed by atoms with Gasteiger partial charge in [-0.1, -0.05) is 35.9 Å². The van der Waals surface area contributed by atoms with E-state index in [1.54, 1.807) is 26.4 Å². The first-order chi connectivity index (χ1) is 16.6. The second kappa shape index (κ2) is 11.6. The number of halogens is 1. The third-order valence-electron chi connectivity index (χ3n) is 5.48. The van der Waals surface area contributed by atoms with E-state index in [-0.39, 0.29) is 31.1 Å². The van der Waals surface area contributed by atoms with Crippen molar-refractivity contribution in [1.82, 2.24) is 15.2 Å². The van der Waals surface area contributed by atoms with Gasteiger partial charge in [0.15, 0.2) is 0 Å². The predicted molar refractivity (Wildman–Crippen MR) is 137 cm³/mol. The lowest BCUT2D eigenvalue weighted by atomic mass is 9.98. The molecule has 8 nitrogen and oxygen atoms in total. The van der Waals surface area contributed by atoms with Gasteiger partial charge in [-0.15, -0.1) is 0 Å². The molecule has 0 radical (unpaired) electrons. The largest absolute Gasteiger partial charge is 0.497 e. The van der Waals surface area contributed by atoms with Crippen LogP contribution in [0.4, 0.5) is 4.79 Å². The Labute approximate surface area is 211 Å². The SMILES string of the molecule is COCCN(CC(=O)N1N=C(c2cccc(OC)c2)CC1c1ccc(Cl)cc1)C(=O)NC(C)(C)C. The van der Waals surface area contributed by atoms with Gasteiger partial charge >= 0.3 is 6.03 Å². The van der Waals surface area contributed by atoms with Crippen molar-refractivity contribution in [2.75, 3.05) is 33.9 Å². The van der Waals surface area contributed by atoms with Gasteiger partial charge < -0.3 is 19.7 Å². The van der Waals surface area contributed by atoms with Gasteiger partial charge in [0.2, 0.25) is 0 Å². The van der Waals surface area contributed by atoms with Crippen LogP contribution in [0.15, 0.2) is 53.6 Å². The second-order valence-corrected chi connectivity index (χ2v) is 9.82. The summed E-state index contributed by atoms with van der Waals surface area (Å²) >= 11 is 6.09. The first-order valence-electron chi connectivity index (χ1n) is 11.5. The van der Waals surface area contributed by atoms with Crippen LogP contribution in [-0.4, -0.2) is 67.0 Å². The van der Waals surface area contributed by atoms with Crippen molar-refractivity contribution in [2.24, 2.45) is 5.10 Å². The predicted octanol–water partition coefficient (Wildman–Crippen LogP) is 4.48. The Morgan fingerprint density at radius 3 is 2.51 bits per heavy atom. The Morgan fingerprint density at radius 1 is 1.17 bits per heavy atom. The molecule has 0 bridgehead atoms. The minimum Gasteiger partial charge on any atom is -0.497 e. The molecule has 9 heteroatoms. The number of benzene rings is 2. The van der Waals surface area contributed by atoms with E-state index >= 15 is 0 Å². The molecule has 1 unspecified atom stereocenters. The number of carbonyl (C=O) groups is 2. The number of nitrogens with one attached hydrogen (secondary N) is 1. The molecule has 1 aliphatic rings. The van der Waals surface area contributed by atoms with E-state index in [0.29, 0.717) is 23.8 Å². The highest BCUT2D eigenvalue weighted by Crippen LogP contribution is 2.34. The number of urea groups is 1. The van der Waals surface area contributed by atoms with Gasteiger partial charge in [-0.05, 0) is 50.6 Å². The lowest BCUT2D eigenvalue weighted by molar-refractivity contribution is -0.133. The van der Waals surface area contributed by atoms with E-state index in [1.807, 2.05) is 57.2 Å².